The molecule has 24 heavy (non-hydrogen) atoms. The second kappa shape index (κ2) is 7.83. The molecule has 1 amide bonds. The molecule has 0 aliphatic carbocycles. The molecular formula is C18H21ClN2O3. The fourth-order valence-corrected chi connectivity index (χ4v) is 3.06. The Hall–Kier alpha value is -1.82. The molecule has 1 aliphatic rings. The van der Waals surface area contributed by atoms with E-state index in [9.17, 15) is 9.90 Å². The van der Waals surface area contributed by atoms with Gasteiger partial charge in [0.15, 0.2) is 0 Å². The molecule has 0 saturated carbocycles. The summed E-state index contributed by atoms with van der Waals surface area (Å²) in [6, 6.07) is 9.22. The molecule has 1 unspecified atom stereocenters. The Bertz CT molecular complexity index is 649. The number of aliphatic hydroxyl groups excluding tert-OH is 1. The highest BCUT2D eigenvalue weighted by Crippen LogP contribution is 2.18. The molecule has 1 atom stereocenters. The summed E-state index contributed by atoms with van der Waals surface area (Å²) in [7, 11) is 0. The van der Waals surface area contributed by atoms with Crippen LogP contribution in [0, 0.1) is 0 Å². The molecule has 2 N–H and O–H groups in total. The third kappa shape index (κ3) is 4.17. The van der Waals surface area contributed by atoms with E-state index in [-0.39, 0.29) is 5.91 Å². The van der Waals surface area contributed by atoms with Crippen molar-refractivity contribution in [3.63, 3.8) is 0 Å². The van der Waals surface area contributed by atoms with Crippen molar-refractivity contribution in [1.82, 2.24) is 10.2 Å². The van der Waals surface area contributed by atoms with Gasteiger partial charge in [-0.3, -0.25) is 4.79 Å². The number of hydrogen-bond donors (Lipinski definition) is 2. The van der Waals surface area contributed by atoms with Crippen molar-refractivity contribution >= 4 is 17.5 Å². The van der Waals surface area contributed by atoms with Gasteiger partial charge in [-0.25, -0.2) is 0 Å². The van der Waals surface area contributed by atoms with Crippen LogP contribution in [0.15, 0.2) is 47.3 Å². The Morgan fingerprint density at radius 2 is 2.00 bits per heavy atom. The first-order chi connectivity index (χ1) is 11.6. The Balaban J connectivity index is 1.44. The number of carbonyl (C=O) groups excluding carboxylic acids is 1. The number of amides is 1. The molecular weight excluding hydrogens is 328 g/mol. The van der Waals surface area contributed by atoms with Gasteiger partial charge in [0.25, 0.3) is 5.91 Å². The topological polar surface area (TPSA) is 65.7 Å². The Morgan fingerprint density at radius 3 is 2.62 bits per heavy atom. The molecule has 1 aromatic heterocycles. The van der Waals surface area contributed by atoms with Crippen molar-refractivity contribution < 1.29 is 14.3 Å². The average molecular weight is 349 g/mol. The van der Waals surface area contributed by atoms with Gasteiger partial charge >= 0.3 is 0 Å². The Kier molecular flexibility index (Phi) is 5.56. The molecule has 1 fully saturated rings. The van der Waals surface area contributed by atoms with Crippen molar-refractivity contribution in [1.29, 1.82) is 0 Å². The van der Waals surface area contributed by atoms with Crippen molar-refractivity contribution in [2.75, 3.05) is 19.6 Å². The highest BCUT2D eigenvalue weighted by molar-refractivity contribution is 6.30. The van der Waals surface area contributed by atoms with E-state index in [1.165, 1.54) is 12.5 Å². The van der Waals surface area contributed by atoms with Crippen LogP contribution < -0.4 is 5.32 Å². The van der Waals surface area contributed by atoms with Crippen LogP contribution in [0.4, 0.5) is 0 Å². The minimum absolute atomic E-state index is 0.0170. The molecule has 5 nitrogen and oxygen atoms in total. The average Bonchev–Trinajstić information content (AvgIpc) is 3.15. The largest absolute Gasteiger partial charge is 0.472 e. The first-order valence-corrected chi connectivity index (χ1v) is 8.49. The fraction of sp³-hybridized carbons (Fsp3) is 0.389. The number of piperidine rings is 1. The molecule has 1 saturated heterocycles. The summed E-state index contributed by atoms with van der Waals surface area (Å²) < 4.78 is 4.97. The van der Waals surface area contributed by atoms with Crippen LogP contribution in [0.3, 0.4) is 0 Å². The number of nitrogens with zero attached hydrogens (tertiary/aromatic N) is 1. The highest BCUT2D eigenvalue weighted by Gasteiger charge is 2.24. The van der Waals surface area contributed by atoms with Crippen LogP contribution in [-0.2, 0) is 0 Å². The zero-order chi connectivity index (χ0) is 16.9. The number of carbonyl (C=O) groups is 1. The maximum atomic E-state index is 12.2. The zero-order valence-electron chi connectivity index (χ0n) is 13.3. The van der Waals surface area contributed by atoms with Gasteiger partial charge < -0.3 is 19.7 Å². The van der Waals surface area contributed by atoms with Crippen LogP contribution in [0.25, 0.3) is 0 Å². The van der Waals surface area contributed by atoms with Crippen molar-refractivity contribution in [2.24, 2.45) is 0 Å². The first kappa shape index (κ1) is 17.0. The number of aliphatic hydroxyl groups is 1. The lowest BCUT2D eigenvalue weighted by atomic mass is 10.0. The normalized spacial score (nSPS) is 17.0. The minimum Gasteiger partial charge on any atom is -0.472 e. The SMILES string of the molecule is O=C(c1ccoc1)N1CCC(NCC(O)c2ccc(Cl)cc2)CC1. The van der Waals surface area contributed by atoms with Gasteiger partial charge in [0.1, 0.15) is 6.26 Å². The van der Waals surface area contributed by atoms with Gasteiger partial charge in [0.05, 0.1) is 17.9 Å². The van der Waals surface area contributed by atoms with Gasteiger partial charge in [0.2, 0.25) is 0 Å². The molecule has 1 aromatic carbocycles. The number of nitrogens with one attached hydrogen (secondary N) is 1. The molecule has 128 valence electrons. The molecule has 0 bridgehead atoms. The third-order valence-corrected chi connectivity index (χ3v) is 4.66. The zero-order valence-corrected chi connectivity index (χ0v) is 14.1. The van der Waals surface area contributed by atoms with E-state index in [4.69, 9.17) is 16.0 Å². The lowest BCUT2D eigenvalue weighted by Gasteiger charge is -2.32. The lowest BCUT2D eigenvalue weighted by molar-refractivity contribution is 0.0697. The second-order valence-electron chi connectivity index (χ2n) is 6.05. The van der Waals surface area contributed by atoms with Gasteiger partial charge in [-0.15, -0.1) is 0 Å². The molecule has 0 spiro atoms. The summed E-state index contributed by atoms with van der Waals surface area (Å²) in [6.45, 7) is 1.90. The van der Waals surface area contributed by atoms with Gasteiger partial charge in [0, 0.05) is 30.7 Å². The lowest BCUT2D eigenvalue weighted by Crippen LogP contribution is -2.45. The molecule has 3 rings (SSSR count). The maximum Gasteiger partial charge on any atom is 0.257 e. The monoisotopic (exact) mass is 348 g/mol. The van der Waals surface area contributed by atoms with Crippen LogP contribution in [0.1, 0.15) is 34.9 Å². The smallest absolute Gasteiger partial charge is 0.257 e. The predicted molar refractivity (Wildman–Crippen MR) is 92.0 cm³/mol. The summed E-state index contributed by atoms with van der Waals surface area (Å²) >= 11 is 5.86. The highest BCUT2D eigenvalue weighted by atomic mass is 35.5. The van der Waals surface area contributed by atoms with Crippen LogP contribution in [-0.4, -0.2) is 41.6 Å². The van der Waals surface area contributed by atoms with Crippen LogP contribution in [0.2, 0.25) is 5.02 Å². The summed E-state index contributed by atoms with van der Waals surface area (Å²) in [5.74, 6) is 0.0170. The molecule has 2 heterocycles. The van der Waals surface area contributed by atoms with E-state index in [2.05, 4.69) is 5.32 Å². The van der Waals surface area contributed by atoms with Gasteiger partial charge in [-0.05, 0) is 36.6 Å². The Morgan fingerprint density at radius 1 is 1.29 bits per heavy atom. The van der Waals surface area contributed by atoms with E-state index in [1.807, 2.05) is 17.0 Å². The maximum absolute atomic E-state index is 12.2. The number of rotatable bonds is 5. The minimum atomic E-state index is -0.562. The summed E-state index contributed by atoms with van der Waals surface area (Å²) in [5.41, 5.74) is 1.44. The molecule has 6 heteroatoms. The van der Waals surface area contributed by atoms with E-state index < -0.39 is 6.10 Å². The molecule has 0 radical (unpaired) electrons. The fourth-order valence-electron chi connectivity index (χ4n) is 2.94. The van der Waals surface area contributed by atoms with Crippen molar-refractivity contribution in [3.05, 3.63) is 59.0 Å². The summed E-state index contributed by atoms with van der Waals surface area (Å²) in [5, 5.41) is 14.3. The molecule has 1 aliphatic heterocycles. The van der Waals surface area contributed by atoms with E-state index in [1.54, 1.807) is 18.2 Å². The predicted octanol–water partition coefficient (Wildman–Crippen LogP) is 2.86. The van der Waals surface area contributed by atoms with Gasteiger partial charge in [-0.2, -0.15) is 0 Å². The van der Waals surface area contributed by atoms with E-state index in [0.717, 1.165) is 18.4 Å². The van der Waals surface area contributed by atoms with Crippen LogP contribution >= 0.6 is 11.6 Å². The van der Waals surface area contributed by atoms with E-state index in [0.29, 0.717) is 36.3 Å². The number of hydrogen-bond acceptors (Lipinski definition) is 4. The van der Waals surface area contributed by atoms with Crippen LogP contribution in [0.5, 0.6) is 0 Å². The van der Waals surface area contributed by atoms with Crippen molar-refractivity contribution in [2.45, 2.75) is 25.0 Å². The summed E-state index contributed by atoms with van der Waals surface area (Å²) in [4.78, 5) is 14.1. The quantitative estimate of drug-likeness (QED) is 0.872. The number of likely N-dealkylation sites (tertiary alicyclic amines) is 1. The second-order valence-corrected chi connectivity index (χ2v) is 6.49. The number of halogens is 1. The van der Waals surface area contributed by atoms with Gasteiger partial charge in [-0.1, -0.05) is 23.7 Å². The standard InChI is InChI=1S/C18H21ClN2O3/c19-15-3-1-13(2-4-15)17(22)11-20-16-5-8-21(9-6-16)18(23)14-7-10-24-12-14/h1-4,7,10,12,16-17,20,22H,5-6,8-9,11H2. The van der Waals surface area contributed by atoms with Crippen molar-refractivity contribution in [3.8, 4) is 0 Å². The van der Waals surface area contributed by atoms with E-state index >= 15 is 0 Å². The number of benzene rings is 1. The summed E-state index contributed by atoms with van der Waals surface area (Å²) in [6.07, 6.45) is 4.18. The Labute approximate surface area is 146 Å². The molecule has 2 aromatic rings. The first-order valence-electron chi connectivity index (χ1n) is 8.12. The number of furan rings is 1. The third-order valence-electron chi connectivity index (χ3n) is 4.40.